The number of imide groups is 1. The molecule has 0 heterocycles. The summed E-state index contributed by atoms with van der Waals surface area (Å²) in [6, 6.07) is 10.7. The van der Waals surface area contributed by atoms with Crippen LogP contribution in [0.4, 0.5) is 16.2 Å². The molecule has 0 fully saturated rings. The molecule has 0 saturated heterocycles. The maximum absolute atomic E-state index is 12.0. The minimum atomic E-state index is -0.758. The number of amides is 4. The minimum Gasteiger partial charge on any atom is -0.452 e. The van der Waals surface area contributed by atoms with Gasteiger partial charge in [-0.25, -0.2) is 9.59 Å². The molecule has 0 saturated carbocycles. The molecule has 0 spiro atoms. The molecule has 3 N–H and O–H groups in total. The molecule has 0 aliphatic rings. The van der Waals surface area contributed by atoms with Gasteiger partial charge in [-0.3, -0.25) is 14.9 Å². The number of nitrogens with one attached hydrogen (secondary N) is 3. The lowest BCUT2D eigenvalue weighted by molar-refractivity contribution is -0.123. The molecule has 0 aliphatic heterocycles. The first kappa shape index (κ1) is 20.6. The Morgan fingerprint density at radius 3 is 2.25 bits per heavy atom. The van der Waals surface area contributed by atoms with Crippen molar-refractivity contribution in [2.75, 3.05) is 17.2 Å². The molecule has 28 heavy (non-hydrogen) atoms. The molecule has 0 unspecified atom stereocenters. The maximum atomic E-state index is 12.0. The van der Waals surface area contributed by atoms with Crippen LogP contribution in [0.2, 0.25) is 0 Å². The molecule has 2 aromatic rings. The van der Waals surface area contributed by atoms with Crippen LogP contribution in [0, 0.1) is 13.8 Å². The van der Waals surface area contributed by atoms with Crippen LogP contribution in [0.3, 0.4) is 0 Å². The van der Waals surface area contributed by atoms with Crippen LogP contribution in [-0.4, -0.2) is 30.4 Å². The number of esters is 1. The van der Waals surface area contributed by atoms with E-state index in [1.165, 1.54) is 31.2 Å². The summed E-state index contributed by atoms with van der Waals surface area (Å²) in [4.78, 5) is 46.6. The molecule has 4 amide bonds. The molecule has 146 valence electrons. The number of carbonyl (C=O) groups excluding carboxylic acids is 4. The minimum absolute atomic E-state index is 0.210. The monoisotopic (exact) mass is 383 g/mol. The standard InChI is InChI=1S/C20H21N3O5/c1-12-5-4-6-17(13(12)2)22-20(27)23-18(25)11-28-19(26)15-7-9-16(10-8-15)21-14(3)24/h4-10H,11H2,1-3H3,(H,21,24)(H2,22,23,25,27). The van der Waals surface area contributed by atoms with E-state index in [1.807, 2.05) is 19.9 Å². The van der Waals surface area contributed by atoms with Crippen molar-refractivity contribution < 1.29 is 23.9 Å². The number of ether oxygens (including phenoxy) is 1. The van der Waals surface area contributed by atoms with Crippen LogP contribution < -0.4 is 16.0 Å². The van der Waals surface area contributed by atoms with Gasteiger partial charge < -0.3 is 15.4 Å². The highest BCUT2D eigenvalue weighted by atomic mass is 16.5. The molecule has 8 nitrogen and oxygen atoms in total. The summed E-state index contributed by atoms with van der Waals surface area (Å²) in [5.41, 5.74) is 3.22. The SMILES string of the molecule is CC(=O)Nc1ccc(C(=O)OCC(=O)NC(=O)Nc2cccc(C)c2C)cc1. The van der Waals surface area contributed by atoms with Gasteiger partial charge in [0.15, 0.2) is 6.61 Å². The van der Waals surface area contributed by atoms with E-state index in [9.17, 15) is 19.2 Å². The summed E-state index contributed by atoms with van der Waals surface area (Å²) in [6.45, 7) is 4.53. The Balaban J connectivity index is 1.82. The smallest absolute Gasteiger partial charge is 0.338 e. The lowest BCUT2D eigenvalue weighted by atomic mass is 10.1. The number of aryl methyl sites for hydroxylation is 1. The first-order valence-corrected chi connectivity index (χ1v) is 8.48. The van der Waals surface area contributed by atoms with Crippen molar-refractivity contribution in [3.63, 3.8) is 0 Å². The molecule has 8 heteroatoms. The fourth-order valence-electron chi connectivity index (χ4n) is 2.31. The molecular weight excluding hydrogens is 362 g/mol. The largest absolute Gasteiger partial charge is 0.452 e. The van der Waals surface area contributed by atoms with Crippen molar-refractivity contribution in [3.05, 3.63) is 59.2 Å². The van der Waals surface area contributed by atoms with Gasteiger partial charge in [0.1, 0.15) is 0 Å². The van der Waals surface area contributed by atoms with E-state index in [2.05, 4.69) is 16.0 Å². The quantitative estimate of drug-likeness (QED) is 0.687. The van der Waals surface area contributed by atoms with E-state index in [0.717, 1.165) is 11.1 Å². The van der Waals surface area contributed by atoms with Crippen molar-refractivity contribution in [1.29, 1.82) is 0 Å². The lowest BCUT2D eigenvalue weighted by Crippen LogP contribution is -2.37. The summed E-state index contributed by atoms with van der Waals surface area (Å²) < 4.78 is 4.89. The van der Waals surface area contributed by atoms with E-state index in [1.54, 1.807) is 12.1 Å². The van der Waals surface area contributed by atoms with Crippen molar-refractivity contribution in [2.45, 2.75) is 20.8 Å². The highest BCUT2D eigenvalue weighted by Gasteiger charge is 2.13. The second kappa shape index (κ2) is 9.31. The highest BCUT2D eigenvalue weighted by molar-refractivity contribution is 6.02. The maximum Gasteiger partial charge on any atom is 0.338 e. The second-order valence-corrected chi connectivity index (χ2v) is 6.08. The number of urea groups is 1. The normalized spacial score (nSPS) is 9.96. The van der Waals surface area contributed by atoms with Crippen molar-refractivity contribution in [2.24, 2.45) is 0 Å². The Kier molecular flexibility index (Phi) is 6.86. The van der Waals surface area contributed by atoms with Crippen LogP contribution in [0.25, 0.3) is 0 Å². The van der Waals surface area contributed by atoms with Crippen LogP contribution in [0.1, 0.15) is 28.4 Å². The molecule has 0 aromatic heterocycles. The highest BCUT2D eigenvalue weighted by Crippen LogP contribution is 2.17. The first-order valence-electron chi connectivity index (χ1n) is 8.48. The topological polar surface area (TPSA) is 114 Å². The molecule has 2 aromatic carbocycles. The molecule has 0 aliphatic carbocycles. The van der Waals surface area contributed by atoms with Gasteiger partial charge in [-0.2, -0.15) is 0 Å². The average molecular weight is 383 g/mol. The van der Waals surface area contributed by atoms with Crippen LogP contribution in [0.15, 0.2) is 42.5 Å². The summed E-state index contributed by atoms with van der Waals surface area (Å²) in [5, 5.41) is 7.25. The van der Waals surface area contributed by atoms with Crippen molar-refractivity contribution in [3.8, 4) is 0 Å². The fourth-order valence-corrected chi connectivity index (χ4v) is 2.31. The van der Waals surface area contributed by atoms with Gasteiger partial charge in [0.25, 0.3) is 5.91 Å². The van der Waals surface area contributed by atoms with Gasteiger partial charge in [0.05, 0.1) is 5.56 Å². The molecule has 0 atom stereocenters. The number of anilines is 2. The number of benzene rings is 2. The van der Waals surface area contributed by atoms with Gasteiger partial charge in [0, 0.05) is 18.3 Å². The molecule has 0 bridgehead atoms. The van der Waals surface area contributed by atoms with Crippen molar-refractivity contribution in [1.82, 2.24) is 5.32 Å². The van der Waals surface area contributed by atoms with E-state index in [4.69, 9.17) is 4.74 Å². The van der Waals surface area contributed by atoms with Crippen LogP contribution in [-0.2, 0) is 14.3 Å². The van der Waals surface area contributed by atoms with Gasteiger partial charge >= 0.3 is 12.0 Å². The Bertz CT molecular complexity index is 907. The summed E-state index contributed by atoms with van der Waals surface area (Å²) >= 11 is 0. The first-order chi connectivity index (χ1) is 13.3. The van der Waals surface area contributed by atoms with E-state index in [-0.39, 0.29) is 11.5 Å². The predicted molar refractivity (Wildman–Crippen MR) is 104 cm³/mol. The zero-order valence-electron chi connectivity index (χ0n) is 15.8. The zero-order chi connectivity index (χ0) is 20.7. The fraction of sp³-hybridized carbons (Fsp3) is 0.200. The Labute approximate surface area is 162 Å². The zero-order valence-corrected chi connectivity index (χ0v) is 15.8. The number of carbonyl (C=O) groups is 4. The third-order valence-electron chi connectivity index (χ3n) is 3.88. The lowest BCUT2D eigenvalue weighted by Gasteiger charge is -2.11. The molecular formula is C20H21N3O5. The van der Waals surface area contributed by atoms with Gasteiger partial charge in [-0.1, -0.05) is 12.1 Å². The third-order valence-corrected chi connectivity index (χ3v) is 3.88. The van der Waals surface area contributed by atoms with Crippen LogP contribution in [0.5, 0.6) is 0 Å². The Morgan fingerprint density at radius 2 is 1.61 bits per heavy atom. The third kappa shape index (κ3) is 5.94. The number of hydrogen-bond acceptors (Lipinski definition) is 5. The number of hydrogen-bond donors (Lipinski definition) is 3. The Hall–Kier alpha value is -3.68. The second-order valence-electron chi connectivity index (χ2n) is 6.08. The van der Waals surface area contributed by atoms with Crippen LogP contribution >= 0.6 is 0 Å². The van der Waals surface area contributed by atoms with E-state index < -0.39 is 24.5 Å². The van der Waals surface area contributed by atoms with Gasteiger partial charge in [0.2, 0.25) is 5.91 Å². The van der Waals surface area contributed by atoms with E-state index in [0.29, 0.717) is 11.4 Å². The van der Waals surface area contributed by atoms with Gasteiger partial charge in [-0.05, 0) is 55.3 Å². The number of rotatable bonds is 5. The summed E-state index contributed by atoms with van der Waals surface area (Å²) in [5.74, 6) is -1.71. The predicted octanol–water partition coefficient (Wildman–Crippen LogP) is 2.77. The molecule has 0 radical (unpaired) electrons. The Morgan fingerprint density at radius 1 is 0.929 bits per heavy atom. The van der Waals surface area contributed by atoms with Gasteiger partial charge in [-0.15, -0.1) is 0 Å². The average Bonchev–Trinajstić information content (AvgIpc) is 2.63. The summed E-state index contributed by atoms with van der Waals surface area (Å²) in [7, 11) is 0. The van der Waals surface area contributed by atoms with Crippen molar-refractivity contribution >= 4 is 35.2 Å². The molecule has 2 rings (SSSR count). The van der Waals surface area contributed by atoms with E-state index >= 15 is 0 Å². The summed E-state index contributed by atoms with van der Waals surface area (Å²) in [6.07, 6.45) is 0.